The Morgan fingerprint density at radius 2 is 2.00 bits per heavy atom. The topological polar surface area (TPSA) is 37.8 Å². The van der Waals surface area contributed by atoms with Crippen molar-refractivity contribution < 1.29 is 0 Å². The highest BCUT2D eigenvalue weighted by molar-refractivity contribution is 6.30. The number of halogens is 1. The molecule has 2 rings (SSSR count). The van der Waals surface area contributed by atoms with Crippen LogP contribution in [-0.4, -0.2) is 9.97 Å². The van der Waals surface area contributed by atoms with Gasteiger partial charge in [0.15, 0.2) is 0 Å². The van der Waals surface area contributed by atoms with Gasteiger partial charge >= 0.3 is 0 Å². The second-order valence-corrected chi connectivity index (χ2v) is 5.92. The van der Waals surface area contributed by atoms with Gasteiger partial charge in [0.05, 0.1) is 0 Å². The van der Waals surface area contributed by atoms with E-state index in [9.17, 15) is 0 Å². The van der Waals surface area contributed by atoms with Crippen LogP contribution in [0.15, 0.2) is 24.3 Å². The zero-order chi connectivity index (χ0) is 15.4. The predicted octanol–water partition coefficient (Wildman–Crippen LogP) is 5.26. The van der Waals surface area contributed by atoms with Gasteiger partial charge in [-0.2, -0.15) is 0 Å². The van der Waals surface area contributed by atoms with Crippen molar-refractivity contribution in [3.05, 3.63) is 46.4 Å². The summed E-state index contributed by atoms with van der Waals surface area (Å²) in [5.74, 6) is 2.08. The van der Waals surface area contributed by atoms with E-state index in [1.165, 1.54) is 5.56 Å². The van der Waals surface area contributed by atoms with Gasteiger partial charge in [-0.1, -0.05) is 44.5 Å². The third-order valence-electron chi connectivity index (χ3n) is 3.42. The van der Waals surface area contributed by atoms with Crippen LogP contribution in [0.5, 0.6) is 0 Å². The molecule has 0 unspecified atom stereocenters. The van der Waals surface area contributed by atoms with Crippen molar-refractivity contribution in [2.75, 3.05) is 5.32 Å². The zero-order valence-corrected chi connectivity index (χ0v) is 13.8. The van der Waals surface area contributed by atoms with Crippen molar-refractivity contribution in [1.82, 2.24) is 9.97 Å². The van der Waals surface area contributed by atoms with Gasteiger partial charge in [-0.05, 0) is 37.0 Å². The van der Waals surface area contributed by atoms with E-state index in [0.29, 0.717) is 11.1 Å². The van der Waals surface area contributed by atoms with Crippen LogP contribution in [0.4, 0.5) is 11.5 Å². The summed E-state index contributed by atoms with van der Waals surface area (Å²) in [6.07, 6.45) is 1.84. The SMILES string of the molecule is CCCc1nc(Cl)c(C)c(Nc2cccc(C(C)C)c2)n1. The lowest BCUT2D eigenvalue weighted by molar-refractivity contribution is 0.833. The normalized spacial score (nSPS) is 11.0. The van der Waals surface area contributed by atoms with E-state index < -0.39 is 0 Å². The maximum absolute atomic E-state index is 6.21. The van der Waals surface area contributed by atoms with E-state index >= 15 is 0 Å². The standard InChI is InChI=1S/C17H22ClN3/c1-5-7-15-20-16(18)12(4)17(21-15)19-14-9-6-8-13(10-14)11(2)3/h6,8-11H,5,7H2,1-4H3,(H,19,20,21). The van der Waals surface area contributed by atoms with Crippen molar-refractivity contribution in [3.8, 4) is 0 Å². The molecule has 3 nitrogen and oxygen atoms in total. The molecule has 21 heavy (non-hydrogen) atoms. The first kappa shape index (κ1) is 15.8. The van der Waals surface area contributed by atoms with Crippen molar-refractivity contribution >= 4 is 23.1 Å². The van der Waals surface area contributed by atoms with Gasteiger partial charge in [0, 0.05) is 17.7 Å². The molecule has 1 heterocycles. The van der Waals surface area contributed by atoms with Crippen LogP contribution < -0.4 is 5.32 Å². The summed E-state index contributed by atoms with van der Waals surface area (Å²) < 4.78 is 0. The van der Waals surface area contributed by atoms with Crippen molar-refractivity contribution in [2.24, 2.45) is 0 Å². The highest BCUT2D eigenvalue weighted by atomic mass is 35.5. The van der Waals surface area contributed by atoms with Crippen LogP contribution in [0.1, 0.15) is 50.1 Å². The molecule has 0 saturated heterocycles. The molecule has 0 aliphatic rings. The molecule has 0 spiro atoms. The van der Waals surface area contributed by atoms with Crippen LogP contribution in [0.25, 0.3) is 0 Å². The number of anilines is 2. The molecule has 1 N–H and O–H groups in total. The first-order valence-electron chi connectivity index (χ1n) is 7.41. The lowest BCUT2D eigenvalue weighted by Gasteiger charge is -2.13. The molecule has 0 atom stereocenters. The summed E-state index contributed by atoms with van der Waals surface area (Å²) in [5, 5.41) is 3.90. The summed E-state index contributed by atoms with van der Waals surface area (Å²) >= 11 is 6.21. The minimum absolute atomic E-state index is 0.498. The number of benzene rings is 1. The van der Waals surface area contributed by atoms with Gasteiger partial charge in [-0.15, -0.1) is 0 Å². The van der Waals surface area contributed by atoms with Gasteiger partial charge in [0.1, 0.15) is 16.8 Å². The van der Waals surface area contributed by atoms with Crippen molar-refractivity contribution in [2.45, 2.75) is 46.5 Å². The molecule has 4 heteroatoms. The number of hydrogen-bond donors (Lipinski definition) is 1. The quantitative estimate of drug-likeness (QED) is 0.766. The molecule has 0 saturated carbocycles. The lowest BCUT2D eigenvalue weighted by atomic mass is 10.0. The molecular formula is C17H22ClN3. The molecule has 0 amide bonds. The third kappa shape index (κ3) is 3.94. The monoisotopic (exact) mass is 303 g/mol. The first-order chi connectivity index (χ1) is 10.0. The fourth-order valence-corrected chi connectivity index (χ4v) is 2.29. The highest BCUT2D eigenvalue weighted by Gasteiger charge is 2.10. The van der Waals surface area contributed by atoms with E-state index in [4.69, 9.17) is 11.6 Å². The molecule has 0 fully saturated rings. The third-order valence-corrected chi connectivity index (χ3v) is 3.79. The average Bonchev–Trinajstić information content (AvgIpc) is 2.45. The zero-order valence-electron chi connectivity index (χ0n) is 13.1. The van der Waals surface area contributed by atoms with Crippen LogP contribution >= 0.6 is 11.6 Å². The number of nitrogens with one attached hydrogen (secondary N) is 1. The fourth-order valence-electron chi connectivity index (χ4n) is 2.10. The summed E-state index contributed by atoms with van der Waals surface area (Å²) in [6.45, 7) is 8.42. The number of aromatic nitrogens is 2. The molecular weight excluding hydrogens is 282 g/mol. The predicted molar refractivity (Wildman–Crippen MR) is 89.6 cm³/mol. The molecule has 0 radical (unpaired) electrons. The Morgan fingerprint density at radius 1 is 1.24 bits per heavy atom. The largest absolute Gasteiger partial charge is 0.340 e. The maximum atomic E-state index is 6.21. The Balaban J connectivity index is 2.32. The Morgan fingerprint density at radius 3 is 2.67 bits per heavy atom. The number of hydrogen-bond acceptors (Lipinski definition) is 3. The Bertz CT molecular complexity index is 623. The van der Waals surface area contributed by atoms with Gasteiger partial charge in [-0.25, -0.2) is 9.97 Å². The van der Waals surface area contributed by atoms with E-state index in [1.54, 1.807) is 0 Å². The molecule has 0 aliphatic carbocycles. The summed E-state index contributed by atoms with van der Waals surface area (Å²) in [6, 6.07) is 8.39. The number of rotatable bonds is 5. The molecule has 1 aromatic heterocycles. The van der Waals surface area contributed by atoms with Crippen molar-refractivity contribution in [3.63, 3.8) is 0 Å². The van der Waals surface area contributed by atoms with Crippen LogP contribution in [0.2, 0.25) is 5.15 Å². The summed E-state index contributed by atoms with van der Waals surface area (Å²) in [5.41, 5.74) is 3.21. The number of aryl methyl sites for hydroxylation is 1. The minimum Gasteiger partial charge on any atom is -0.340 e. The Hall–Kier alpha value is -1.61. The molecule has 112 valence electrons. The average molecular weight is 304 g/mol. The smallest absolute Gasteiger partial charge is 0.138 e. The first-order valence-corrected chi connectivity index (χ1v) is 7.79. The summed E-state index contributed by atoms with van der Waals surface area (Å²) in [4.78, 5) is 8.91. The van der Waals surface area contributed by atoms with Gasteiger partial charge in [0.25, 0.3) is 0 Å². The highest BCUT2D eigenvalue weighted by Crippen LogP contribution is 2.25. The molecule has 0 bridgehead atoms. The maximum Gasteiger partial charge on any atom is 0.138 e. The van der Waals surface area contributed by atoms with Crippen LogP contribution in [0.3, 0.4) is 0 Å². The van der Waals surface area contributed by atoms with Crippen LogP contribution in [-0.2, 0) is 6.42 Å². The van der Waals surface area contributed by atoms with Gasteiger partial charge < -0.3 is 5.32 Å². The van der Waals surface area contributed by atoms with E-state index in [1.807, 2.05) is 13.0 Å². The van der Waals surface area contributed by atoms with Crippen LogP contribution in [0, 0.1) is 6.92 Å². The Labute approximate surface area is 131 Å². The van der Waals surface area contributed by atoms with Crippen molar-refractivity contribution in [1.29, 1.82) is 0 Å². The lowest BCUT2D eigenvalue weighted by Crippen LogP contribution is -2.04. The number of nitrogens with zero attached hydrogens (tertiary/aromatic N) is 2. The van der Waals surface area contributed by atoms with Gasteiger partial charge in [-0.3, -0.25) is 0 Å². The minimum atomic E-state index is 0.498. The second kappa shape index (κ2) is 6.90. The second-order valence-electron chi connectivity index (χ2n) is 5.56. The van der Waals surface area contributed by atoms with E-state index in [-0.39, 0.29) is 0 Å². The molecule has 1 aromatic carbocycles. The summed E-state index contributed by atoms with van der Waals surface area (Å²) in [7, 11) is 0. The molecule has 2 aromatic rings. The van der Waals surface area contributed by atoms with E-state index in [2.05, 4.69) is 54.3 Å². The van der Waals surface area contributed by atoms with Gasteiger partial charge in [0.2, 0.25) is 0 Å². The van der Waals surface area contributed by atoms with E-state index in [0.717, 1.165) is 35.7 Å². The fraction of sp³-hybridized carbons (Fsp3) is 0.412. The Kier molecular flexibility index (Phi) is 5.18. The molecule has 0 aliphatic heterocycles.